The van der Waals surface area contributed by atoms with Crippen molar-refractivity contribution in [3.8, 4) is 5.75 Å². The molecule has 0 aromatic heterocycles. The predicted molar refractivity (Wildman–Crippen MR) is 109 cm³/mol. The van der Waals surface area contributed by atoms with Crippen molar-refractivity contribution in [1.82, 2.24) is 5.32 Å². The molecule has 3 nitrogen and oxygen atoms in total. The number of hydrogen-bond donors (Lipinski definition) is 1. The van der Waals surface area contributed by atoms with E-state index in [-0.39, 0.29) is 5.91 Å². The lowest BCUT2D eigenvalue weighted by Crippen LogP contribution is -2.35. The van der Waals surface area contributed by atoms with Crippen LogP contribution in [0.3, 0.4) is 0 Å². The van der Waals surface area contributed by atoms with Gasteiger partial charge >= 0.3 is 0 Å². The van der Waals surface area contributed by atoms with Gasteiger partial charge in [0.1, 0.15) is 5.75 Å². The second kappa shape index (κ2) is 12.8. The summed E-state index contributed by atoms with van der Waals surface area (Å²) in [6, 6.07) is 8.44. The number of rotatable bonds is 6. The number of benzene rings is 1. The minimum atomic E-state index is 0.190. The molecule has 1 aromatic rings. The Kier molecular flexibility index (Phi) is 10.2. The maximum absolute atomic E-state index is 12.3. The number of hydrogen-bond acceptors (Lipinski definition) is 2. The molecule has 0 saturated heterocycles. The van der Waals surface area contributed by atoms with Gasteiger partial charge in [0.15, 0.2) is 0 Å². The van der Waals surface area contributed by atoms with Crippen LogP contribution in [0.2, 0.25) is 0 Å². The van der Waals surface area contributed by atoms with Crippen LogP contribution in [0.1, 0.15) is 89.0 Å². The summed E-state index contributed by atoms with van der Waals surface area (Å²) < 4.78 is 5.74. The zero-order chi connectivity index (χ0) is 18.5. The fraction of sp³-hybridized carbons (Fsp3) is 0.696. The standard InChI is InChI=1S/C23H37NO2/c1-20-13-11-16-22(19-20)26-18-12-17-23(25)24-21-14-9-7-5-3-2-4-6-8-10-15-21/h11,13,16,19,21H,2-10,12,14-15,17-18H2,1H3,(H,24,25). The van der Waals surface area contributed by atoms with E-state index in [4.69, 9.17) is 4.74 Å². The Balaban J connectivity index is 1.63. The van der Waals surface area contributed by atoms with Crippen LogP contribution in [0, 0.1) is 6.92 Å². The molecule has 0 heterocycles. The smallest absolute Gasteiger partial charge is 0.220 e. The maximum Gasteiger partial charge on any atom is 0.220 e. The summed E-state index contributed by atoms with van der Waals surface area (Å²) in [6.45, 7) is 2.66. The number of ether oxygens (including phenoxy) is 1. The van der Waals surface area contributed by atoms with E-state index in [1.54, 1.807) is 0 Å². The van der Waals surface area contributed by atoms with E-state index >= 15 is 0 Å². The Morgan fingerprint density at radius 1 is 1.00 bits per heavy atom. The Morgan fingerprint density at radius 2 is 1.62 bits per heavy atom. The molecule has 1 amide bonds. The summed E-state index contributed by atoms with van der Waals surface area (Å²) in [5.74, 6) is 1.08. The molecule has 0 bridgehead atoms. The van der Waals surface area contributed by atoms with Crippen LogP contribution < -0.4 is 10.1 Å². The van der Waals surface area contributed by atoms with Crippen molar-refractivity contribution < 1.29 is 9.53 Å². The molecule has 1 saturated carbocycles. The van der Waals surface area contributed by atoms with E-state index < -0.39 is 0 Å². The molecular weight excluding hydrogens is 322 g/mol. The van der Waals surface area contributed by atoms with E-state index in [1.807, 2.05) is 18.2 Å². The first-order chi connectivity index (χ1) is 12.7. The molecular formula is C23H37NO2. The lowest BCUT2D eigenvalue weighted by molar-refractivity contribution is -0.122. The highest BCUT2D eigenvalue weighted by Crippen LogP contribution is 2.17. The Morgan fingerprint density at radius 3 is 2.23 bits per heavy atom. The highest BCUT2D eigenvalue weighted by atomic mass is 16.5. The molecule has 146 valence electrons. The van der Waals surface area contributed by atoms with Crippen LogP contribution >= 0.6 is 0 Å². The quantitative estimate of drug-likeness (QED) is 0.638. The van der Waals surface area contributed by atoms with Gasteiger partial charge in [0.25, 0.3) is 0 Å². The van der Waals surface area contributed by atoms with Crippen molar-refractivity contribution in [1.29, 1.82) is 0 Å². The van der Waals surface area contributed by atoms with Gasteiger partial charge in [-0.15, -0.1) is 0 Å². The van der Waals surface area contributed by atoms with Crippen molar-refractivity contribution in [2.45, 2.75) is 96.4 Å². The molecule has 2 rings (SSSR count). The van der Waals surface area contributed by atoms with Gasteiger partial charge in [-0.3, -0.25) is 4.79 Å². The normalized spacial score (nSPS) is 17.7. The molecule has 1 N–H and O–H groups in total. The van der Waals surface area contributed by atoms with Crippen molar-refractivity contribution in [2.75, 3.05) is 6.61 Å². The van der Waals surface area contributed by atoms with Gasteiger partial charge in [0, 0.05) is 12.5 Å². The number of carbonyl (C=O) groups is 1. The van der Waals surface area contributed by atoms with E-state index in [0.29, 0.717) is 19.1 Å². The fourth-order valence-electron chi connectivity index (χ4n) is 3.74. The zero-order valence-corrected chi connectivity index (χ0v) is 16.6. The molecule has 26 heavy (non-hydrogen) atoms. The van der Waals surface area contributed by atoms with Gasteiger partial charge < -0.3 is 10.1 Å². The van der Waals surface area contributed by atoms with E-state index in [9.17, 15) is 4.79 Å². The molecule has 3 heteroatoms. The van der Waals surface area contributed by atoms with Crippen molar-refractivity contribution in [3.63, 3.8) is 0 Å². The first kappa shape index (κ1) is 20.8. The van der Waals surface area contributed by atoms with Gasteiger partial charge in [0.2, 0.25) is 5.91 Å². The third kappa shape index (κ3) is 9.26. The van der Waals surface area contributed by atoms with Crippen LogP contribution in [0.15, 0.2) is 24.3 Å². The van der Waals surface area contributed by atoms with Gasteiger partial charge in [-0.2, -0.15) is 0 Å². The van der Waals surface area contributed by atoms with Gasteiger partial charge in [-0.05, 0) is 43.9 Å². The third-order valence-corrected chi connectivity index (χ3v) is 5.28. The summed E-state index contributed by atoms with van der Waals surface area (Å²) in [4.78, 5) is 12.3. The first-order valence-electron chi connectivity index (χ1n) is 10.7. The van der Waals surface area contributed by atoms with Crippen LogP contribution in [-0.2, 0) is 4.79 Å². The minimum absolute atomic E-state index is 0.190. The van der Waals surface area contributed by atoms with Crippen LogP contribution in [-0.4, -0.2) is 18.6 Å². The lowest BCUT2D eigenvalue weighted by Gasteiger charge is -2.19. The van der Waals surface area contributed by atoms with E-state index in [1.165, 1.54) is 63.4 Å². The fourth-order valence-corrected chi connectivity index (χ4v) is 3.74. The predicted octanol–water partition coefficient (Wildman–Crippen LogP) is 5.94. The first-order valence-corrected chi connectivity index (χ1v) is 10.7. The van der Waals surface area contributed by atoms with Crippen molar-refractivity contribution in [3.05, 3.63) is 29.8 Å². The molecule has 0 atom stereocenters. The van der Waals surface area contributed by atoms with Crippen molar-refractivity contribution >= 4 is 5.91 Å². The summed E-state index contributed by atoms with van der Waals surface area (Å²) in [5, 5.41) is 3.28. The van der Waals surface area contributed by atoms with Gasteiger partial charge in [-0.1, -0.05) is 69.9 Å². The van der Waals surface area contributed by atoms with E-state index in [0.717, 1.165) is 25.0 Å². The summed E-state index contributed by atoms with van der Waals surface area (Å²) in [7, 11) is 0. The monoisotopic (exact) mass is 359 g/mol. The minimum Gasteiger partial charge on any atom is -0.494 e. The molecule has 0 unspecified atom stereocenters. The Labute approximate surface area is 159 Å². The van der Waals surface area contributed by atoms with Gasteiger partial charge in [-0.25, -0.2) is 0 Å². The highest BCUT2D eigenvalue weighted by Gasteiger charge is 2.12. The highest BCUT2D eigenvalue weighted by molar-refractivity contribution is 5.76. The molecule has 0 aliphatic heterocycles. The molecule has 1 aromatic carbocycles. The third-order valence-electron chi connectivity index (χ3n) is 5.28. The molecule has 1 fully saturated rings. The SMILES string of the molecule is Cc1cccc(OCCCC(=O)NC2CCCCCCCCCCC2)c1. The average molecular weight is 360 g/mol. The molecule has 0 radical (unpaired) electrons. The van der Waals surface area contributed by atoms with Crippen LogP contribution in [0.5, 0.6) is 5.75 Å². The number of carbonyl (C=O) groups excluding carboxylic acids is 1. The van der Waals surface area contributed by atoms with Gasteiger partial charge in [0.05, 0.1) is 6.61 Å². The number of aryl methyl sites for hydroxylation is 1. The number of amides is 1. The Hall–Kier alpha value is -1.51. The molecule has 1 aliphatic rings. The van der Waals surface area contributed by atoms with Crippen LogP contribution in [0.4, 0.5) is 0 Å². The summed E-state index contributed by atoms with van der Waals surface area (Å²) in [6.07, 6.45) is 15.6. The Bertz CT molecular complexity index is 503. The summed E-state index contributed by atoms with van der Waals surface area (Å²) >= 11 is 0. The second-order valence-electron chi connectivity index (χ2n) is 7.79. The molecule has 0 spiro atoms. The lowest BCUT2D eigenvalue weighted by atomic mass is 9.98. The summed E-state index contributed by atoms with van der Waals surface area (Å²) in [5.41, 5.74) is 1.20. The topological polar surface area (TPSA) is 38.3 Å². The second-order valence-corrected chi connectivity index (χ2v) is 7.79. The maximum atomic E-state index is 12.3. The zero-order valence-electron chi connectivity index (χ0n) is 16.6. The van der Waals surface area contributed by atoms with E-state index in [2.05, 4.69) is 18.3 Å². The number of nitrogens with one attached hydrogen (secondary N) is 1. The molecule has 1 aliphatic carbocycles. The van der Waals surface area contributed by atoms with Crippen LogP contribution in [0.25, 0.3) is 0 Å². The largest absolute Gasteiger partial charge is 0.494 e. The van der Waals surface area contributed by atoms with Crippen molar-refractivity contribution in [2.24, 2.45) is 0 Å². The average Bonchev–Trinajstić information content (AvgIpc) is 2.61.